The first kappa shape index (κ1) is 11.2. The Bertz CT molecular complexity index is 351. The molecule has 1 unspecified atom stereocenters. The van der Waals surface area contributed by atoms with Crippen molar-refractivity contribution in [3.8, 4) is 0 Å². The Morgan fingerprint density at radius 2 is 2.06 bits per heavy atom. The monoisotopic (exact) mass is 235 g/mol. The Labute approximate surface area is 102 Å². The van der Waals surface area contributed by atoms with Gasteiger partial charge in [-0.1, -0.05) is 18.0 Å². The lowest BCUT2D eigenvalue weighted by atomic mass is 9.96. The number of nitrogens with zero attached hydrogens (tertiary/aromatic N) is 2. The third-order valence-corrected chi connectivity index (χ3v) is 4.07. The second-order valence-electron chi connectivity index (χ2n) is 5.44. The van der Waals surface area contributed by atoms with Crippen molar-refractivity contribution < 1.29 is 4.52 Å². The summed E-state index contributed by atoms with van der Waals surface area (Å²) in [6.07, 6.45) is 8.63. The minimum absolute atomic E-state index is 0.567. The molecule has 2 fully saturated rings. The average molecular weight is 235 g/mol. The zero-order valence-corrected chi connectivity index (χ0v) is 10.3. The number of piperidine rings is 1. The van der Waals surface area contributed by atoms with Crippen molar-refractivity contribution in [2.24, 2.45) is 5.92 Å². The van der Waals surface area contributed by atoms with E-state index in [1.165, 1.54) is 38.5 Å². The summed E-state index contributed by atoms with van der Waals surface area (Å²) in [7, 11) is 0. The summed E-state index contributed by atoms with van der Waals surface area (Å²) < 4.78 is 5.39. The molecule has 1 aliphatic heterocycles. The van der Waals surface area contributed by atoms with Crippen LogP contribution >= 0.6 is 0 Å². The van der Waals surface area contributed by atoms with Gasteiger partial charge in [-0.3, -0.25) is 0 Å². The molecule has 1 aliphatic carbocycles. The molecule has 1 N–H and O–H groups in total. The van der Waals surface area contributed by atoms with Crippen LogP contribution in [0.3, 0.4) is 0 Å². The predicted molar refractivity (Wildman–Crippen MR) is 64.8 cm³/mol. The molecule has 1 atom stereocenters. The number of nitrogens with one attached hydrogen (secondary N) is 1. The molecule has 2 heterocycles. The van der Waals surface area contributed by atoms with Crippen LogP contribution in [0.1, 0.15) is 56.2 Å². The minimum atomic E-state index is 0.567. The zero-order valence-electron chi connectivity index (χ0n) is 10.3. The van der Waals surface area contributed by atoms with Crippen molar-refractivity contribution in [2.45, 2.75) is 50.9 Å². The molecular weight excluding hydrogens is 214 g/mol. The fraction of sp³-hybridized carbons (Fsp3) is 0.846. The fourth-order valence-corrected chi connectivity index (χ4v) is 3.05. The first-order chi connectivity index (χ1) is 8.42. The van der Waals surface area contributed by atoms with Crippen LogP contribution < -0.4 is 5.32 Å². The van der Waals surface area contributed by atoms with E-state index in [9.17, 15) is 0 Å². The van der Waals surface area contributed by atoms with E-state index in [-0.39, 0.29) is 0 Å². The van der Waals surface area contributed by atoms with Crippen LogP contribution in [-0.4, -0.2) is 23.2 Å². The molecule has 3 rings (SSSR count). The van der Waals surface area contributed by atoms with Gasteiger partial charge in [0.05, 0.1) is 0 Å². The SMILES string of the molecule is C1CNCC(Cc2nc(C3CCCC3)no2)C1. The number of hydrogen-bond acceptors (Lipinski definition) is 4. The Hall–Kier alpha value is -0.900. The fourth-order valence-electron chi connectivity index (χ4n) is 3.05. The Kier molecular flexibility index (Phi) is 3.41. The molecule has 1 saturated carbocycles. The van der Waals surface area contributed by atoms with Crippen LogP contribution in [0.4, 0.5) is 0 Å². The third-order valence-electron chi connectivity index (χ3n) is 4.07. The highest BCUT2D eigenvalue weighted by atomic mass is 16.5. The van der Waals surface area contributed by atoms with E-state index in [1.807, 2.05) is 0 Å². The lowest BCUT2D eigenvalue weighted by Gasteiger charge is -2.20. The molecule has 17 heavy (non-hydrogen) atoms. The maximum Gasteiger partial charge on any atom is 0.226 e. The van der Waals surface area contributed by atoms with Crippen LogP contribution in [0.25, 0.3) is 0 Å². The Balaban J connectivity index is 1.59. The van der Waals surface area contributed by atoms with Gasteiger partial charge in [0, 0.05) is 12.3 Å². The van der Waals surface area contributed by atoms with E-state index in [0.29, 0.717) is 11.8 Å². The van der Waals surface area contributed by atoms with Gasteiger partial charge in [-0.2, -0.15) is 4.98 Å². The Morgan fingerprint density at radius 3 is 2.82 bits per heavy atom. The van der Waals surface area contributed by atoms with Crippen LogP contribution in [-0.2, 0) is 6.42 Å². The molecule has 0 radical (unpaired) electrons. The van der Waals surface area contributed by atoms with E-state index in [1.54, 1.807) is 0 Å². The molecule has 94 valence electrons. The molecule has 0 bridgehead atoms. The summed E-state index contributed by atoms with van der Waals surface area (Å²) in [5.41, 5.74) is 0. The maximum absolute atomic E-state index is 5.39. The average Bonchev–Trinajstić information content (AvgIpc) is 3.00. The minimum Gasteiger partial charge on any atom is -0.339 e. The van der Waals surface area contributed by atoms with Crippen molar-refractivity contribution in [1.82, 2.24) is 15.5 Å². The van der Waals surface area contributed by atoms with Crippen LogP contribution in [0.2, 0.25) is 0 Å². The van der Waals surface area contributed by atoms with Gasteiger partial charge in [0.1, 0.15) is 0 Å². The first-order valence-electron chi connectivity index (χ1n) is 6.95. The van der Waals surface area contributed by atoms with Crippen LogP contribution in [0, 0.1) is 5.92 Å². The predicted octanol–water partition coefficient (Wildman–Crippen LogP) is 2.27. The lowest BCUT2D eigenvalue weighted by Crippen LogP contribution is -2.30. The standard InChI is InChI=1S/C13H21N3O/c1-2-6-11(5-1)13-15-12(17-16-13)8-10-4-3-7-14-9-10/h10-11,14H,1-9H2. The van der Waals surface area contributed by atoms with E-state index < -0.39 is 0 Å². The van der Waals surface area contributed by atoms with E-state index in [4.69, 9.17) is 4.52 Å². The van der Waals surface area contributed by atoms with E-state index in [2.05, 4.69) is 15.5 Å². The molecule has 0 spiro atoms. The highest BCUT2D eigenvalue weighted by molar-refractivity contribution is 4.98. The molecular formula is C13H21N3O. The number of hydrogen-bond donors (Lipinski definition) is 1. The third kappa shape index (κ3) is 2.68. The molecule has 2 aliphatic rings. The second kappa shape index (κ2) is 5.17. The zero-order chi connectivity index (χ0) is 11.5. The van der Waals surface area contributed by atoms with Gasteiger partial charge >= 0.3 is 0 Å². The molecule has 0 aromatic carbocycles. The molecule has 1 saturated heterocycles. The van der Waals surface area contributed by atoms with Crippen molar-refractivity contribution in [3.05, 3.63) is 11.7 Å². The van der Waals surface area contributed by atoms with Crippen molar-refractivity contribution in [1.29, 1.82) is 0 Å². The normalized spacial score (nSPS) is 26.5. The van der Waals surface area contributed by atoms with E-state index in [0.717, 1.165) is 31.2 Å². The van der Waals surface area contributed by atoms with Crippen molar-refractivity contribution in [2.75, 3.05) is 13.1 Å². The smallest absolute Gasteiger partial charge is 0.226 e. The van der Waals surface area contributed by atoms with Gasteiger partial charge < -0.3 is 9.84 Å². The lowest BCUT2D eigenvalue weighted by molar-refractivity contribution is 0.313. The van der Waals surface area contributed by atoms with Crippen LogP contribution in [0.15, 0.2) is 4.52 Å². The maximum atomic E-state index is 5.39. The number of aromatic nitrogens is 2. The Morgan fingerprint density at radius 1 is 1.18 bits per heavy atom. The van der Waals surface area contributed by atoms with Crippen molar-refractivity contribution in [3.63, 3.8) is 0 Å². The van der Waals surface area contributed by atoms with Gasteiger partial charge in [0.25, 0.3) is 0 Å². The topological polar surface area (TPSA) is 51.0 Å². The molecule has 4 heteroatoms. The van der Waals surface area contributed by atoms with Gasteiger partial charge in [-0.05, 0) is 44.7 Å². The molecule has 0 amide bonds. The number of rotatable bonds is 3. The molecule has 1 aromatic rings. The largest absolute Gasteiger partial charge is 0.339 e. The van der Waals surface area contributed by atoms with Gasteiger partial charge in [-0.25, -0.2) is 0 Å². The van der Waals surface area contributed by atoms with Gasteiger partial charge in [0.2, 0.25) is 5.89 Å². The highest BCUT2D eigenvalue weighted by Gasteiger charge is 2.23. The summed E-state index contributed by atoms with van der Waals surface area (Å²) in [5, 5.41) is 7.58. The summed E-state index contributed by atoms with van der Waals surface area (Å²) in [6.45, 7) is 2.26. The highest BCUT2D eigenvalue weighted by Crippen LogP contribution is 2.32. The van der Waals surface area contributed by atoms with E-state index >= 15 is 0 Å². The van der Waals surface area contributed by atoms with Crippen molar-refractivity contribution >= 4 is 0 Å². The first-order valence-corrected chi connectivity index (χ1v) is 6.95. The van der Waals surface area contributed by atoms with Gasteiger partial charge in [-0.15, -0.1) is 0 Å². The van der Waals surface area contributed by atoms with Crippen LogP contribution in [0.5, 0.6) is 0 Å². The quantitative estimate of drug-likeness (QED) is 0.873. The summed E-state index contributed by atoms with van der Waals surface area (Å²) in [5.74, 6) is 3.06. The summed E-state index contributed by atoms with van der Waals surface area (Å²) >= 11 is 0. The van der Waals surface area contributed by atoms with Gasteiger partial charge in [0.15, 0.2) is 5.82 Å². The summed E-state index contributed by atoms with van der Waals surface area (Å²) in [4.78, 5) is 4.58. The summed E-state index contributed by atoms with van der Waals surface area (Å²) in [6, 6.07) is 0. The molecule has 4 nitrogen and oxygen atoms in total. The second-order valence-corrected chi connectivity index (χ2v) is 5.44. The molecule has 1 aromatic heterocycles.